The summed E-state index contributed by atoms with van der Waals surface area (Å²) in [6.07, 6.45) is 0. The zero-order chi connectivity index (χ0) is 15.6. The fourth-order valence-corrected chi connectivity index (χ4v) is 2.20. The average molecular weight is 290 g/mol. The van der Waals surface area contributed by atoms with Crippen LogP contribution in [0, 0.1) is 0 Å². The van der Waals surface area contributed by atoms with Gasteiger partial charge in [0.15, 0.2) is 0 Å². The van der Waals surface area contributed by atoms with E-state index in [2.05, 4.69) is 0 Å². The third-order valence-corrected chi connectivity index (χ3v) is 3.62. The van der Waals surface area contributed by atoms with Crippen LogP contribution in [0.5, 0.6) is 11.5 Å². The molecule has 0 aliphatic rings. The van der Waals surface area contributed by atoms with Crippen LogP contribution in [-0.4, -0.2) is 25.5 Å². The lowest BCUT2D eigenvalue weighted by molar-refractivity contribution is 0.102. The van der Waals surface area contributed by atoms with E-state index in [0.717, 1.165) is 0 Å². The molecular weight excluding hydrogens is 272 g/mol. The minimum atomic E-state index is -1.39. The molecule has 0 spiro atoms. The van der Waals surface area contributed by atoms with Crippen molar-refractivity contribution in [1.29, 1.82) is 0 Å². The first-order valence-electron chi connectivity index (χ1n) is 6.49. The highest BCUT2D eigenvalue weighted by Crippen LogP contribution is 2.34. The van der Waals surface area contributed by atoms with Gasteiger partial charge in [-0.2, -0.15) is 0 Å². The number of aliphatic hydroxyl groups excluding tert-OH is 2. The summed E-state index contributed by atoms with van der Waals surface area (Å²) < 4.78 is 0. The molecule has 2 aromatic rings. The smallest absolute Gasteiger partial charge is 0.121 e. The van der Waals surface area contributed by atoms with Crippen LogP contribution >= 0.6 is 0 Å². The standard InChI is InChI=1S/C16H18O5/c1-16(21,12-2-4-14(19)10(6-12)8-17)13-3-5-15(20)11(7-13)9-18/h2-7,17-21H,8-9H2,1H3. The molecule has 5 nitrogen and oxygen atoms in total. The van der Waals surface area contributed by atoms with Crippen molar-refractivity contribution >= 4 is 0 Å². The van der Waals surface area contributed by atoms with Crippen molar-refractivity contribution in [1.82, 2.24) is 0 Å². The molecule has 2 aromatic carbocycles. The molecule has 0 radical (unpaired) electrons. The van der Waals surface area contributed by atoms with E-state index in [1.165, 1.54) is 24.3 Å². The van der Waals surface area contributed by atoms with E-state index < -0.39 is 5.60 Å². The second-order valence-electron chi connectivity index (χ2n) is 5.08. The largest absolute Gasteiger partial charge is 0.508 e. The van der Waals surface area contributed by atoms with Crippen LogP contribution in [0.25, 0.3) is 0 Å². The normalized spacial score (nSPS) is 11.6. The number of hydrogen-bond acceptors (Lipinski definition) is 5. The molecule has 5 N–H and O–H groups in total. The second kappa shape index (κ2) is 5.73. The van der Waals surface area contributed by atoms with Gasteiger partial charge in [0, 0.05) is 11.1 Å². The van der Waals surface area contributed by atoms with E-state index in [1.807, 2.05) is 0 Å². The minimum Gasteiger partial charge on any atom is -0.508 e. The van der Waals surface area contributed by atoms with Crippen LogP contribution in [0.1, 0.15) is 29.2 Å². The Morgan fingerprint density at radius 1 is 0.810 bits per heavy atom. The van der Waals surface area contributed by atoms with Gasteiger partial charge in [-0.3, -0.25) is 0 Å². The van der Waals surface area contributed by atoms with Gasteiger partial charge >= 0.3 is 0 Å². The summed E-state index contributed by atoms with van der Waals surface area (Å²) in [6, 6.07) is 8.95. The van der Waals surface area contributed by atoms with Crippen molar-refractivity contribution in [3.05, 3.63) is 58.7 Å². The summed E-state index contributed by atoms with van der Waals surface area (Å²) in [5, 5.41) is 48.3. The van der Waals surface area contributed by atoms with Gasteiger partial charge in [0.2, 0.25) is 0 Å². The molecule has 0 atom stereocenters. The van der Waals surface area contributed by atoms with E-state index in [4.69, 9.17) is 0 Å². The number of rotatable bonds is 4. The van der Waals surface area contributed by atoms with E-state index in [0.29, 0.717) is 22.3 Å². The SMILES string of the molecule is CC(O)(c1ccc(O)c(CO)c1)c1ccc(O)c(CO)c1. The third kappa shape index (κ3) is 2.85. The molecule has 0 bridgehead atoms. The minimum absolute atomic E-state index is 0.0428. The molecule has 21 heavy (non-hydrogen) atoms. The van der Waals surface area contributed by atoms with E-state index in [-0.39, 0.29) is 24.7 Å². The first-order valence-corrected chi connectivity index (χ1v) is 6.49. The summed E-state index contributed by atoms with van der Waals surface area (Å²) >= 11 is 0. The van der Waals surface area contributed by atoms with Gasteiger partial charge in [0.05, 0.1) is 13.2 Å². The maximum absolute atomic E-state index is 10.8. The second-order valence-corrected chi connectivity index (χ2v) is 5.08. The Balaban J connectivity index is 2.50. The van der Waals surface area contributed by atoms with Crippen LogP contribution in [0.4, 0.5) is 0 Å². The van der Waals surface area contributed by atoms with Crippen molar-refractivity contribution in [3.8, 4) is 11.5 Å². The number of aliphatic hydroxyl groups is 3. The molecule has 0 saturated heterocycles. The van der Waals surface area contributed by atoms with Crippen molar-refractivity contribution in [2.45, 2.75) is 25.7 Å². The molecule has 0 aliphatic heterocycles. The van der Waals surface area contributed by atoms with Gasteiger partial charge in [-0.25, -0.2) is 0 Å². The lowest BCUT2D eigenvalue weighted by atomic mass is 9.86. The monoisotopic (exact) mass is 290 g/mol. The summed E-state index contributed by atoms with van der Waals surface area (Å²) in [4.78, 5) is 0. The van der Waals surface area contributed by atoms with Crippen LogP contribution in [0.2, 0.25) is 0 Å². The van der Waals surface area contributed by atoms with E-state index >= 15 is 0 Å². The lowest BCUT2D eigenvalue weighted by Crippen LogP contribution is -2.23. The Labute approximate surface area is 122 Å². The zero-order valence-corrected chi connectivity index (χ0v) is 11.6. The fraction of sp³-hybridized carbons (Fsp3) is 0.250. The molecule has 112 valence electrons. The summed E-state index contributed by atoms with van der Waals surface area (Å²) in [6.45, 7) is 0.883. The maximum atomic E-state index is 10.8. The molecule has 0 heterocycles. The predicted molar refractivity (Wildman–Crippen MR) is 76.7 cm³/mol. The molecular formula is C16H18O5. The van der Waals surface area contributed by atoms with Gasteiger partial charge < -0.3 is 25.5 Å². The molecule has 0 unspecified atom stereocenters. The Bertz CT molecular complexity index is 594. The first-order chi connectivity index (χ1) is 9.90. The summed E-state index contributed by atoms with van der Waals surface area (Å²) in [5.41, 5.74) is 0.204. The Kier molecular flexibility index (Phi) is 4.18. The van der Waals surface area contributed by atoms with Gasteiger partial charge in [-0.15, -0.1) is 0 Å². The third-order valence-electron chi connectivity index (χ3n) is 3.62. The Morgan fingerprint density at radius 3 is 1.52 bits per heavy atom. The van der Waals surface area contributed by atoms with Crippen LogP contribution in [-0.2, 0) is 18.8 Å². The van der Waals surface area contributed by atoms with Crippen LogP contribution in [0.15, 0.2) is 36.4 Å². The lowest BCUT2D eigenvalue weighted by Gasteiger charge is -2.26. The van der Waals surface area contributed by atoms with Gasteiger partial charge in [0.25, 0.3) is 0 Å². The average Bonchev–Trinajstić information content (AvgIpc) is 2.47. The van der Waals surface area contributed by atoms with Crippen molar-refractivity contribution < 1.29 is 25.5 Å². The number of phenols is 2. The molecule has 0 fully saturated rings. The van der Waals surface area contributed by atoms with Crippen molar-refractivity contribution in [2.24, 2.45) is 0 Å². The predicted octanol–water partition coefficient (Wildman–Crippen LogP) is 1.34. The zero-order valence-electron chi connectivity index (χ0n) is 11.6. The summed E-state index contributed by atoms with van der Waals surface area (Å²) in [7, 11) is 0. The van der Waals surface area contributed by atoms with Crippen molar-refractivity contribution in [3.63, 3.8) is 0 Å². The van der Waals surface area contributed by atoms with E-state index in [9.17, 15) is 25.5 Å². The van der Waals surface area contributed by atoms with Crippen molar-refractivity contribution in [2.75, 3.05) is 0 Å². The summed E-state index contributed by atoms with van der Waals surface area (Å²) in [5.74, 6) is -0.0855. The van der Waals surface area contributed by atoms with Crippen LogP contribution < -0.4 is 0 Å². The highest BCUT2D eigenvalue weighted by atomic mass is 16.3. The van der Waals surface area contributed by atoms with Crippen LogP contribution in [0.3, 0.4) is 0 Å². The van der Waals surface area contributed by atoms with E-state index in [1.54, 1.807) is 19.1 Å². The fourth-order valence-electron chi connectivity index (χ4n) is 2.20. The van der Waals surface area contributed by atoms with Gasteiger partial charge in [-0.05, 0) is 42.3 Å². The maximum Gasteiger partial charge on any atom is 0.121 e. The first kappa shape index (κ1) is 15.3. The Morgan fingerprint density at radius 2 is 1.19 bits per heavy atom. The van der Waals surface area contributed by atoms with Gasteiger partial charge in [-0.1, -0.05) is 12.1 Å². The molecule has 2 rings (SSSR count). The molecule has 5 heteroatoms. The molecule has 0 aromatic heterocycles. The van der Waals surface area contributed by atoms with Gasteiger partial charge in [0.1, 0.15) is 17.1 Å². The quantitative estimate of drug-likeness (QED) is 0.585. The molecule has 0 saturated carbocycles. The molecule has 0 aliphatic carbocycles. The number of benzene rings is 2. The highest BCUT2D eigenvalue weighted by Gasteiger charge is 2.27. The molecule has 0 amide bonds. The topological polar surface area (TPSA) is 101 Å². The number of aromatic hydroxyl groups is 2. The highest BCUT2D eigenvalue weighted by molar-refractivity contribution is 5.45. The Hall–Kier alpha value is -2.08. The number of hydrogen-bond donors (Lipinski definition) is 5.